The lowest BCUT2D eigenvalue weighted by molar-refractivity contribution is -0.118. The molecule has 1 aromatic heterocycles. The summed E-state index contributed by atoms with van der Waals surface area (Å²) in [4.78, 5) is 16.0. The Kier molecular flexibility index (Phi) is 6.28. The minimum absolute atomic E-state index is 0.138. The van der Waals surface area contributed by atoms with Crippen LogP contribution in [0.3, 0.4) is 0 Å². The van der Waals surface area contributed by atoms with Crippen LogP contribution in [0.5, 0.6) is 5.75 Å². The molecule has 9 nitrogen and oxygen atoms in total. The molecule has 0 fully saturated rings. The summed E-state index contributed by atoms with van der Waals surface area (Å²) in [6, 6.07) is 6.88. The summed E-state index contributed by atoms with van der Waals surface area (Å²) in [5, 5.41) is 18.1. The van der Waals surface area contributed by atoms with E-state index < -0.39 is 0 Å². The van der Waals surface area contributed by atoms with Crippen LogP contribution >= 0.6 is 11.3 Å². The van der Waals surface area contributed by atoms with Gasteiger partial charge in [0.25, 0.3) is 0 Å². The van der Waals surface area contributed by atoms with Gasteiger partial charge in [-0.05, 0) is 25.1 Å². The standard InChI is InChI=1S/C16H19N7O2S/c1-9-14(26-16(19-9)23-20-10(2)24)12(21-22-15(17)18)8-7-11-5-3-4-6-13(11)25/h3-8,25H,1-2H3,(H,19,23)(H,20,24)(H4,17,18,22)/b8-7-,21-12+. The van der Waals surface area contributed by atoms with E-state index in [0.29, 0.717) is 27.0 Å². The summed E-state index contributed by atoms with van der Waals surface area (Å²) in [5.41, 5.74) is 17.6. The Labute approximate surface area is 154 Å². The maximum absolute atomic E-state index is 11.0. The highest BCUT2D eigenvalue weighted by atomic mass is 32.1. The lowest BCUT2D eigenvalue weighted by Crippen LogP contribution is -2.26. The van der Waals surface area contributed by atoms with Crippen molar-refractivity contribution in [2.45, 2.75) is 13.8 Å². The number of aromatic hydroxyl groups is 1. The third-order valence-corrected chi connectivity index (χ3v) is 4.10. The Morgan fingerprint density at radius 2 is 2.04 bits per heavy atom. The minimum atomic E-state index is -0.242. The molecule has 1 amide bonds. The molecule has 1 aromatic carbocycles. The quantitative estimate of drug-likeness (QED) is 0.292. The Balaban J connectivity index is 2.37. The zero-order chi connectivity index (χ0) is 19.1. The van der Waals surface area contributed by atoms with E-state index in [-0.39, 0.29) is 17.6 Å². The van der Waals surface area contributed by atoms with Crippen molar-refractivity contribution in [3.63, 3.8) is 0 Å². The molecule has 0 spiro atoms. The topological polar surface area (TPSA) is 151 Å². The number of guanidine groups is 1. The number of hydrazine groups is 1. The molecule has 1 heterocycles. The number of nitrogens with two attached hydrogens (primary N) is 2. The van der Waals surface area contributed by atoms with Crippen molar-refractivity contribution in [2.24, 2.45) is 21.7 Å². The van der Waals surface area contributed by atoms with Crippen LogP contribution in [0.4, 0.5) is 5.13 Å². The number of anilines is 1. The van der Waals surface area contributed by atoms with Crippen LogP contribution in [0, 0.1) is 6.92 Å². The van der Waals surface area contributed by atoms with E-state index >= 15 is 0 Å². The van der Waals surface area contributed by atoms with Crippen LogP contribution < -0.4 is 22.3 Å². The zero-order valence-electron chi connectivity index (χ0n) is 14.2. The number of carbonyl (C=O) groups excluding carboxylic acids is 1. The fourth-order valence-electron chi connectivity index (χ4n) is 1.89. The molecule has 0 radical (unpaired) electrons. The molecule has 0 saturated heterocycles. The summed E-state index contributed by atoms with van der Waals surface area (Å²) in [5.74, 6) is -0.288. The average Bonchev–Trinajstić information content (AvgIpc) is 2.95. The molecule has 2 aromatic rings. The molecule has 0 aliphatic heterocycles. The monoisotopic (exact) mass is 373 g/mol. The molecule has 0 saturated carbocycles. The third kappa shape index (κ3) is 5.31. The number of benzene rings is 1. The van der Waals surface area contributed by atoms with E-state index in [1.807, 2.05) is 0 Å². The van der Waals surface area contributed by atoms with Gasteiger partial charge in [0, 0.05) is 12.5 Å². The summed E-state index contributed by atoms with van der Waals surface area (Å²) < 4.78 is 0. The first-order valence-electron chi connectivity index (χ1n) is 7.50. The Morgan fingerprint density at radius 1 is 1.31 bits per heavy atom. The number of phenolic OH excluding ortho intramolecular Hbond substituents is 1. The lowest BCUT2D eigenvalue weighted by atomic mass is 10.1. The van der Waals surface area contributed by atoms with Crippen LogP contribution in [0.1, 0.15) is 23.1 Å². The van der Waals surface area contributed by atoms with E-state index in [1.165, 1.54) is 18.3 Å². The van der Waals surface area contributed by atoms with Crippen LogP contribution in [0.15, 0.2) is 40.5 Å². The highest BCUT2D eigenvalue weighted by Gasteiger charge is 2.12. The largest absolute Gasteiger partial charge is 0.507 e. The van der Waals surface area contributed by atoms with Crippen LogP contribution in [0.2, 0.25) is 0 Å². The number of hydrogen-bond donors (Lipinski definition) is 5. The first-order valence-corrected chi connectivity index (χ1v) is 8.31. The molecule has 0 bridgehead atoms. The van der Waals surface area contributed by atoms with Crippen LogP contribution in [-0.2, 0) is 4.79 Å². The third-order valence-electron chi connectivity index (χ3n) is 3.01. The van der Waals surface area contributed by atoms with Gasteiger partial charge in [-0.25, -0.2) is 4.98 Å². The molecule has 0 unspecified atom stereocenters. The summed E-state index contributed by atoms with van der Waals surface area (Å²) in [6.07, 6.45) is 3.36. The number of nitrogens with one attached hydrogen (secondary N) is 2. The van der Waals surface area contributed by atoms with Crippen molar-refractivity contribution in [2.75, 3.05) is 5.43 Å². The summed E-state index contributed by atoms with van der Waals surface area (Å²) in [7, 11) is 0. The van der Waals surface area contributed by atoms with Gasteiger partial charge in [0.2, 0.25) is 17.0 Å². The zero-order valence-corrected chi connectivity index (χ0v) is 15.0. The van der Waals surface area contributed by atoms with E-state index in [1.54, 1.807) is 43.3 Å². The number of hydrogen-bond acceptors (Lipinski definition) is 7. The lowest BCUT2D eigenvalue weighted by Gasteiger charge is -2.00. The van der Waals surface area contributed by atoms with E-state index in [9.17, 15) is 9.90 Å². The molecule has 0 aliphatic carbocycles. The van der Waals surface area contributed by atoms with Crippen molar-refractivity contribution in [3.05, 3.63) is 46.5 Å². The van der Waals surface area contributed by atoms with E-state index in [2.05, 4.69) is 26.0 Å². The van der Waals surface area contributed by atoms with Gasteiger partial charge in [-0.15, -0.1) is 10.2 Å². The first kappa shape index (κ1) is 18.9. The highest BCUT2D eigenvalue weighted by molar-refractivity contribution is 7.17. The Hall–Kier alpha value is -3.40. The van der Waals surface area contributed by atoms with Crippen LogP contribution in [0.25, 0.3) is 6.08 Å². The normalized spacial score (nSPS) is 11.4. The maximum Gasteiger partial charge on any atom is 0.235 e. The number of thiazole rings is 1. The van der Waals surface area contributed by atoms with Crippen molar-refractivity contribution in [1.82, 2.24) is 10.4 Å². The van der Waals surface area contributed by atoms with E-state index in [0.717, 1.165) is 0 Å². The number of allylic oxidation sites excluding steroid dienone is 1. The molecule has 0 aliphatic rings. The maximum atomic E-state index is 11.0. The fraction of sp³-hybridized carbons (Fsp3) is 0.125. The number of amides is 1. The van der Waals surface area contributed by atoms with Gasteiger partial charge in [-0.1, -0.05) is 29.5 Å². The van der Waals surface area contributed by atoms with Crippen molar-refractivity contribution >= 4 is 40.1 Å². The number of aryl methyl sites for hydroxylation is 1. The summed E-state index contributed by atoms with van der Waals surface area (Å²) >= 11 is 1.27. The second-order valence-electron chi connectivity index (χ2n) is 5.14. The molecular formula is C16H19N7O2S. The first-order chi connectivity index (χ1) is 12.4. The number of phenols is 1. The van der Waals surface area contributed by atoms with Gasteiger partial charge in [-0.3, -0.25) is 15.6 Å². The van der Waals surface area contributed by atoms with Gasteiger partial charge in [0.1, 0.15) is 11.5 Å². The SMILES string of the molecule is CC(=O)NNc1nc(C)c(C(/C=C\c2ccccc2O)=N/N=C(N)N)s1. The van der Waals surface area contributed by atoms with Gasteiger partial charge in [-0.2, -0.15) is 0 Å². The van der Waals surface area contributed by atoms with Gasteiger partial charge < -0.3 is 16.6 Å². The van der Waals surface area contributed by atoms with E-state index in [4.69, 9.17) is 11.5 Å². The molecule has 136 valence electrons. The van der Waals surface area contributed by atoms with Crippen LogP contribution in [-0.4, -0.2) is 27.7 Å². The van der Waals surface area contributed by atoms with Gasteiger partial charge in [0.05, 0.1) is 10.6 Å². The number of aromatic nitrogens is 1. The Morgan fingerprint density at radius 3 is 2.69 bits per heavy atom. The number of nitrogens with zero attached hydrogens (tertiary/aromatic N) is 3. The molecule has 10 heteroatoms. The molecule has 26 heavy (non-hydrogen) atoms. The molecule has 0 atom stereocenters. The predicted octanol–water partition coefficient (Wildman–Crippen LogP) is 1.31. The van der Waals surface area contributed by atoms with Gasteiger partial charge in [0.15, 0.2) is 0 Å². The van der Waals surface area contributed by atoms with Gasteiger partial charge >= 0.3 is 0 Å². The predicted molar refractivity (Wildman–Crippen MR) is 104 cm³/mol. The minimum Gasteiger partial charge on any atom is -0.507 e. The molecule has 7 N–H and O–H groups in total. The average molecular weight is 373 g/mol. The molecular weight excluding hydrogens is 354 g/mol. The van der Waals surface area contributed by atoms with Crippen molar-refractivity contribution < 1.29 is 9.90 Å². The number of rotatable bonds is 6. The smallest absolute Gasteiger partial charge is 0.235 e. The van der Waals surface area contributed by atoms with Crippen molar-refractivity contribution in [1.29, 1.82) is 0 Å². The Bertz CT molecular complexity index is 882. The number of para-hydroxylation sites is 1. The highest BCUT2D eigenvalue weighted by Crippen LogP contribution is 2.24. The fourth-order valence-corrected chi connectivity index (χ4v) is 2.78. The molecule has 2 rings (SSSR count). The number of carbonyl (C=O) groups is 1. The second kappa shape index (κ2) is 8.62. The van der Waals surface area contributed by atoms with Crippen molar-refractivity contribution in [3.8, 4) is 5.75 Å². The second-order valence-corrected chi connectivity index (χ2v) is 6.14. The summed E-state index contributed by atoms with van der Waals surface area (Å²) in [6.45, 7) is 3.18.